The van der Waals surface area contributed by atoms with Crippen molar-refractivity contribution in [2.45, 2.75) is 26.4 Å². The summed E-state index contributed by atoms with van der Waals surface area (Å²) >= 11 is 0. The van der Waals surface area contributed by atoms with Crippen LogP contribution in [-0.4, -0.2) is 11.7 Å². The lowest BCUT2D eigenvalue weighted by atomic mass is 10.0. The van der Waals surface area contributed by atoms with E-state index in [1.54, 1.807) is 0 Å². The maximum absolute atomic E-state index is 9.77. The standard InChI is InChI=1S/C17H20O2/c1-3-17(18)15-7-5-13(6-8-15)14-9-11-16(12-10-14)19-4-2/h5-12,17-18H,3-4H2,1-2H3. The molecule has 1 unspecified atom stereocenters. The Balaban J connectivity index is 2.17. The Bertz CT molecular complexity index is 500. The van der Waals surface area contributed by atoms with Crippen LogP contribution in [0, 0.1) is 0 Å². The molecular weight excluding hydrogens is 236 g/mol. The maximum Gasteiger partial charge on any atom is 0.119 e. The number of aliphatic hydroxyl groups is 1. The van der Waals surface area contributed by atoms with Crippen LogP contribution >= 0.6 is 0 Å². The molecule has 0 bridgehead atoms. The Hall–Kier alpha value is -1.80. The van der Waals surface area contributed by atoms with Crippen molar-refractivity contribution in [3.63, 3.8) is 0 Å². The molecule has 0 aliphatic heterocycles. The smallest absolute Gasteiger partial charge is 0.119 e. The van der Waals surface area contributed by atoms with E-state index in [9.17, 15) is 5.11 Å². The summed E-state index contributed by atoms with van der Waals surface area (Å²) in [7, 11) is 0. The average Bonchev–Trinajstić information content (AvgIpc) is 2.48. The zero-order chi connectivity index (χ0) is 13.7. The first-order valence-electron chi connectivity index (χ1n) is 6.75. The largest absolute Gasteiger partial charge is 0.494 e. The molecule has 0 heterocycles. The fourth-order valence-electron chi connectivity index (χ4n) is 2.04. The van der Waals surface area contributed by atoms with Gasteiger partial charge in [0.2, 0.25) is 0 Å². The molecule has 0 fully saturated rings. The van der Waals surface area contributed by atoms with Gasteiger partial charge in [-0.2, -0.15) is 0 Å². The number of rotatable bonds is 5. The van der Waals surface area contributed by atoms with Gasteiger partial charge in [-0.05, 0) is 42.2 Å². The Morgan fingerprint density at radius 3 is 1.89 bits per heavy atom. The van der Waals surface area contributed by atoms with Gasteiger partial charge in [0.05, 0.1) is 12.7 Å². The highest BCUT2D eigenvalue weighted by atomic mass is 16.5. The molecule has 0 spiro atoms. The molecule has 2 heteroatoms. The van der Waals surface area contributed by atoms with Crippen molar-refractivity contribution in [1.29, 1.82) is 0 Å². The number of ether oxygens (including phenoxy) is 1. The quantitative estimate of drug-likeness (QED) is 0.869. The van der Waals surface area contributed by atoms with Crippen LogP contribution in [0.25, 0.3) is 11.1 Å². The molecule has 0 aromatic heterocycles. The van der Waals surface area contributed by atoms with Crippen molar-refractivity contribution in [3.05, 3.63) is 54.1 Å². The monoisotopic (exact) mass is 256 g/mol. The number of hydrogen-bond donors (Lipinski definition) is 1. The topological polar surface area (TPSA) is 29.5 Å². The lowest BCUT2D eigenvalue weighted by Gasteiger charge is -2.09. The summed E-state index contributed by atoms with van der Waals surface area (Å²) in [6.07, 6.45) is 0.372. The molecule has 0 saturated heterocycles. The second-order valence-corrected chi connectivity index (χ2v) is 4.50. The highest BCUT2D eigenvalue weighted by Crippen LogP contribution is 2.25. The summed E-state index contributed by atoms with van der Waals surface area (Å²) in [6.45, 7) is 4.64. The Kier molecular flexibility index (Phi) is 4.58. The summed E-state index contributed by atoms with van der Waals surface area (Å²) < 4.78 is 5.43. The predicted octanol–water partition coefficient (Wildman–Crippen LogP) is 4.20. The third-order valence-electron chi connectivity index (χ3n) is 3.18. The molecule has 0 amide bonds. The maximum atomic E-state index is 9.77. The minimum absolute atomic E-state index is 0.366. The molecule has 0 radical (unpaired) electrons. The number of benzene rings is 2. The third-order valence-corrected chi connectivity index (χ3v) is 3.18. The molecular formula is C17H20O2. The molecule has 2 nitrogen and oxygen atoms in total. The van der Waals surface area contributed by atoms with E-state index in [1.165, 1.54) is 0 Å². The van der Waals surface area contributed by atoms with Gasteiger partial charge in [-0.25, -0.2) is 0 Å². The first-order valence-corrected chi connectivity index (χ1v) is 6.75. The molecule has 19 heavy (non-hydrogen) atoms. The van der Waals surface area contributed by atoms with E-state index in [4.69, 9.17) is 4.74 Å². The Morgan fingerprint density at radius 2 is 1.42 bits per heavy atom. The van der Waals surface area contributed by atoms with Gasteiger partial charge in [0.15, 0.2) is 0 Å². The molecule has 0 aliphatic rings. The molecule has 1 atom stereocenters. The lowest BCUT2D eigenvalue weighted by molar-refractivity contribution is 0.173. The summed E-state index contributed by atoms with van der Waals surface area (Å²) in [5.41, 5.74) is 3.27. The van der Waals surface area contributed by atoms with E-state index in [2.05, 4.69) is 12.1 Å². The second kappa shape index (κ2) is 6.39. The van der Waals surface area contributed by atoms with Crippen LogP contribution < -0.4 is 4.74 Å². The van der Waals surface area contributed by atoms with Crippen LogP contribution in [0.5, 0.6) is 5.75 Å². The van der Waals surface area contributed by atoms with Crippen molar-refractivity contribution in [1.82, 2.24) is 0 Å². The fourth-order valence-corrected chi connectivity index (χ4v) is 2.04. The second-order valence-electron chi connectivity index (χ2n) is 4.50. The van der Waals surface area contributed by atoms with Gasteiger partial charge in [0, 0.05) is 0 Å². The predicted molar refractivity (Wildman–Crippen MR) is 78.3 cm³/mol. The zero-order valence-electron chi connectivity index (χ0n) is 11.5. The highest BCUT2D eigenvalue weighted by molar-refractivity contribution is 5.64. The Labute approximate surface area is 114 Å². The first-order chi connectivity index (χ1) is 9.24. The number of aliphatic hydroxyl groups excluding tert-OH is 1. The van der Waals surface area contributed by atoms with Crippen LogP contribution in [-0.2, 0) is 0 Å². The van der Waals surface area contributed by atoms with Crippen LogP contribution in [0.1, 0.15) is 31.9 Å². The van der Waals surface area contributed by atoms with Gasteiger partial charge in [0.1, 0.15) is 5.75 Å². The molecule has 2 aromatic rings. The minimum Gasteiger partial charge on any atom is -0.494 e. The molecule has 100 valence electrons. The van der Waals surface area contributed by atoms with Crippen molar-refractivity contribution < 1.29 is 9.84 Å². The van der Waals surface area contributed by atoms with E-state index in [0.717, 1.165) is 28.9 Å². The van der Waals surface area contributed by atoms with Crippen LogP contribution in [0.3, 0.4) is 0 Å². The third kappa shape index (κ3) is 3.36. The SMILES string of the molecule is CCOc1ccc(-c2ccc(C(O)CC)cc2)cc1. The fraction of sp³-hybridized carbons (Fsp3) is 0.294. The minimum atomic E-state index is -0.366. The van der Waals surface area contributed by atoms with Crippen molar-refractivity contribution in [2.75, 3.05) is 6.61 Å². The highest BCUT2D eigenvalue weighted by Gasteiger charge is 2.05. The molecule has 1 N–H and O–H groups in total. The first kappa shape index (κ1) is 13.6. The van der Waals surface area contributed by atoms with Crippen LogP contribution in [0.2, 0.25) is 0 Å². The van der Waals surface area contributed by atoms with E-state index in [-0.39, 0.29) is 6.10 Å². The van der Waals surface area contributed by atoms with E-state index >= 15 is 0 Å². The van der Waals surface area contributed by atoms with E-state index in [0.29, 0.717) is 6.61 Å². The van der Waals surface area contributed by atoms with E-state index in [1.807, 2.05) is 50.2 Å². The molecule has 2 rings (SSSR count). The van der Waals surface area contributed by atoms with Gasteiger partial charge in [-0.15, -0.1) is 0 Å². The normalized spacial score (nSPS) is 12.2. The van der Waals surface area contributed by atoms with Gasteiger partial charge in [0.25, 0.3) is 0 Å². The van der Waals surface area contributed by atoms with Crippen molar-refractivity contribution in [2.24, 2.45) is 0 Å². The Morgan fingerprint density at radius 1 is 0.895 bits per heavy atom. The van der Waals surface area contributed by atoms with E-state index < -0.39 is 0 Å². The van der Waals surface area contributed by atoms with Gasteiger partial charge in [-0.3, -0.25) is 0 Å². The van der Waals surface area contributed by atoms with Gasteiger partial charge < -0.3 is 9.84 Å². The van der Waals surface area contributed by atoms with Gasteiger partial charge in [-0.1, -0.05) is 43.3 Å². The molecule has 0 saturated carbocycles. The van der Waals surface area contributed by atoms with Crippen molar-refractivity contribution in [3.8, 4) is 16.9 Å². The lowest BCUT2D eigenvalue weighted by Crippen LogP contribution is -1.94. The van der Waals surface area contributed by atoms with Crippen molar-refractivity contribution >= 4 is 0 Å². The van der Waals surface area contributed by atoms with Crippen LogP contribution in [0.4, 0.5) is 0 Å². The summed E-state index contributed by atoms with van der Waals surface area (Å²) in [4.78, 5) is 0. The molecule has 2 aromatic carbocycles. The zero-order valence-corrected chi connectivity index (χ0v) is 11.5. The summed E-state index contributed by atoms with van der Waals surface area (Å²) in [6, 6.07) is 16.1. The van der Waals surface area contributed by atoms with Crippen LogP contribution in [0.15, 0.2) is 48.5 Å². The summed E-state index contributed by atoms with van der Waals surface area (Å²) in [5.74, 6) is 0.893. The average molecular weight is 256 g/mol. The number of hydrogen-bond acceptors (Lipinski definition) is 2. The summed E-state index contributed by atoms with van der Waals surface area (Å²) in [5, 5.41) is 9.77. The van der Waals surface area contributed by atoms with Gasteiger partial charge >= 0.3 is 0 Å². The molecule has 0 aliphatic carbocycles.